The average molecular weight is 302 g/mol. The Bertz CT molecular complexity index is 712. The van der Waals surface area contributed by atoms with Crippen molar-refractivity contribution in [3.8, 4) is 0 Å². The molecule has 0 aromatic heterocycles. The molecule has 1 N–H and O–H groups in total. The van der Waals surface area contributed by atoms with Crippen LogP contribution in [-0.4, -0.2) is 12.6 Å². The third-order valence-electron chi connectivity index (χ3n) is 4.39. The van der Waals surface area contributed by atoms with Gasteiger partial charge < -0.3 is 10.2 Å². The minimum atomic E-state index is -0.813. The summed E-state index contributed by atoms with van der Waals surface area (Å²) in [7, 11) is 0. The smallest absolute Gasteiger partial charge is 0.161 e. The molecule has 4 heteroatoms. The van der Waals surface area contributed by atoms with Gasteiger partial charge in [-0.15, -0.1) is 0 Å². The lowest BCUT2D eigenvalue weighted by Crippen LogP contribution is -2.41. The Kier molecular flexibility index (Phi) is 3.77. The summed E-state index contributed by atoms with van der Waals surface area (Å²) in [6.45, 7) is 7.65. The Labute approximate surface area is 129 Å². The highest BCUT2D eigenvalue weighted by Crippen LogP contribution is 2.34. The molecule has 2 nitrogen and oxygen atoms in total. The van der Waals surface area contributed by atoms with Gasteiger partial charge in [0.25, 0.3) is 0 Å². The Balaban J connectivity index is 1.96. The molecule has 1 atom stereocenters. The number of nitrogens with one attached hydrogen (secondary N) is 1. The van der Waals surface area contributed by atoms with Crippen LogP contribution in [0.25, 0.3) is 0 Å². The standard InChI is InChI=1S/C18H20F2N2/c1-11-4-5-14(6-12(11)2)10-22-13(3)9-21-17-7-15(19)16(20)8-18(17)22/h4-8,13,21H,9-10H2,1-3H3. The first kappa shape index (κ1) is 14.8. The van der Waals surface area contributed by atoms with Crippen LogP contribution in [0.15, 0.2) is 30.3 Å². The van der Waals surface area contributed by atoms with E-state index in [1.54, 1.807) is 0 Å². The first-order valence-electron chi connectivity index (χ1n) is 7.51. The Morgan fingerprint density at radius 1 is 1.09 bits per heavy atom. The number of fused-ring (bicyclic) bond motifs is 1. The molecule has 2 aromatic rings. The minimum Gasteiger partial charge on any atom is -0.381 e. The van der Waals surface area contributed by atoms with Gasteiger partial charge in [-0.25, -0.2) is 8.78 Å². The molecule has 0 amide bonds. The summed E-state index contributed by atoms with van der Waals surface area (Å²) in [5.41, 5.74) is 5.04. The van der Waals surface area contributed by atoms with Gasteiger partial charge in [0.15, 0.2) is 11.6 Å². The highest BCUT2D eigenvalue weighted by atomic mass is 19.2. The second-order valence-corrected chi connectivity index (χ2v) is 6.06. The summed E-state index contributed by atoms with van der Waals surface area (Å²) in [5.74, 6) is -1.62. The van der Waals surface area contributed by atoms with E-state index >= 15 is 0 Å². The van der Waals surface area contributed by atoms with E-state index in [2.05, 4.69) is 49.2 Å². The first-order valence-corrected chi connectivity index (χ1v) is 7.51. The number of rotatable bonds is 2. The predicted molar refractivity (Wildman–Crippen MR) is 86.4 cm³/mol. The van der Waals surface area contributed by atoms with E-state index in [0.29, 0.717) is 18.8 Å². The number of hydrogen-bond donors (Lipinski definition) is 1. The maximum Gasteiger partial charge on any atom is 0.161 e. The fourth-order valence-corrected chi connectivity index (χ4v) is 2.86. The molecule has 0 radical (unpaired) electrons. The largest absolute Gasteiger partial charge is 0.381 e. The lowest BCUT2D eigenvalue weighted by atomic mass is 10.0. The van der Waals surface area contributed by atoms with Gasteiger partial charge in [0.2, 0.25) is 0 Å². The van der Waals surface area contributed by atoms with Gasteiger partial charge in [-0.05, 0) is 37.5 Å². The summed E-state index contributed by atoms with van der Waals surface area (Å²) < 4.78 is 27.1. The molecule has 22 heavy (non-hydrogen) atoms. The quantitative estimate of drug-likeness (QED) is 0.884. The molecule has 0 saturated carbocycles. The zero-order valence-electron chi connectivity index (χ0n) is 13.1. The van der Waals surface area contributed by atoms with Crippen molar-refractivity contribution in [3.63, 3.8) is 0 Å². The van der Waals surface area contributed by atoms with Crippen LogP contribution >= 0.6 is 0 Å². The van der Waals surface area contributed by atoms with Crippen molar-refractivity contribution >= 4 is 11.4 Å². The van der Waals surface area contributed by atoms with Gasteiger partial charge in [0.05, 0.1) is 11.4 Å². The third-order valence-corrected chi connectivity index (χ3v) is 4.39. The molecule has 1 aliphatic heterocycles. The molecule has 1 aliphatic rings. The van der Waals surface area contributed by atoms with Crippen LogP contribution in [0, 0.1) is 25.5 Å². The summed E-state index contributed by atoms with van der Waals surface area (Å²) in [6.07, 6.45) is 0. The fourth-order valence-electron chi connectivity index (χ4n) is 2.86. The second kappa shape index (κ2) is 5.59. The van der Waals surface area contributed by atoms with Crippen molar-refractivity contribution in [2.24, 2.45) is 0 Å². The van der Waals surface area contributed by atoms with Crippen molar-refractivity contribution in [1.82, 2.24) is 0 Å². The number of hydrogen-bond acceptors (Lipinski definition) is 2. The molecular weight excluding hydrogens is 282 g/mol. The second-order valence-electron chi connectivity index (χ2n) is 6.06. The summed E-state index contributed by atoms with van der Waals surface area (Å²) in [4.78, 5) is 2.12. The monoisotopic (exact) mass is 302 g/mol. The number of anilines is 2. The van der Waals surface area contributed by atoms with Crippen LogP contribution in [0.4, 0.5) is 20.2 Å². The third kappa shape index (κ3) is 2.65. The maximum atomic E-state index is 13.6. The molecule has 116 valence electrons. The Morgan fingerprint density at radius 2 is 1.82 bits per heavy atom. The highest BCUT2D eigenvalue weighted by molar-refractivity contribution is 5.73. The van der Waals surface area contributed by atoms with E-state index < -0.39 is 11.6 Å². The van der Waals surface area contributed by atoms with E-state index in [4.69, 9.17) is 0 Å². The van der Waals surface area contributed by atoms with Crippen LogP contribution in [0.5, 0.6) is 0 Å². The lowest BCUT2D eigenvalue weighted by molar-refractivity contribution is 0.506. The van der Waals surface area contributed by atoms with Crippen LogP contribution in [0.1, 0.15) is 23.6 Å². The van der Waals surface area contributed by atoms with Crippen molar-refractivity contribution in [3.05, 3.63) is 58.7 Å². The molecule has 0 spiro atoms. The predicted octanol–water partition coefficient (Wildman–Crippen LogP) is 4.40. The van der Waals surface area contributed by atoms with Gasteiger partial charge in [0, 0.05) is 31.3 Å². The molecule has 2 aromatic carbocycles. The first-order chi connectivity index (χ1) is 10.5. The molecule has 0 saturated heterocycles. The summed E-state index contributed by atoms with van der Waals surface area (Å²) in [5, 5.41) is 3.17. The topological polar surface area (TPSA) is 15.3 Å². The van der Waals surface area contributed by atoms with Crippen molar-refractivity contribution in [1.29, 1.82) is 0 Å². The summed E-state index contributed by atoms with van der Waals surface area (Å²) in [6, 6.07) is 9.08. The molecule has 3 rings (SSSR count). The maximum absolute atomic E-state index is 13.6. The number of nitrogens with zero attached hydrogens (tertiary/aromatic N) is 1. The van der Waals surface area contributed by atoms with Gasteiger partial charge in [-0.2, -0.15) is 0 Å². The van der Waals surface area contributed by atoms with E-state index in [-0.39, 0.29) is 6.04 Å². The van der Waals surface area contributed by atoms with Crippen molar-refractivity contribution < 1.29 is 8.78 Å². The zero-order chi connectivity index (χ0) is 15.9. The SMILES string of the molecule is Cc1ccc(CN2c3cc(F)c(F)cc3NCC2C)cc1C. The van der Waals surface area contributed by atoms with Gasteiger partial charge in [0.1, 0.15) is 0 Å². The number of aryl methyl sites for hydroxylation is 2. The fraction of sp³-hybridized carbons (Fsp3) is 0.333. The van der Waals surface area contributed by atoms with E-state index in [0.717, 1.165) is 5.69 Å². The zero-order valence-corrected chi connectivity index (χ0v) is 13.1. The normalized spacial score (nSPS) is 17.1. The van der Waals surface area contributed by atoms with Gasteiger partial charge in [-0.3, -0.25) is 0 Å². The average Bonchev–Trinajstić information content (AvgIpc) is 2.48. The van der Waals surface area contributed by atoms with Crippen LogP contribution in [-0.2, 0) is 6.54 Å². The van der Waals surface area contributed by atoms with E-state index in [1.807, 2.05) is 0 Å². The Hall–Kier alpha value is -2.10. The van der Waals surface area contributed by atoms with Crippen molar-refractivity contribution in [2.75, 3.05) is 16.8 Å². The molecule has 0 aliphatic carbocycles. The minimum absolute atomic E-state index is 0.207. The van der Waals surface area contributed by atoms with Crippen LogP contribution < -0.4 is 10.2 Å². The van der Waals surface area contributed by atoms with Crippen LogP contribution in [0.3, 0.4) is 0 Å². The highest BCUT2D eigenvalue weighted by Gasteiger charge is 2.24. The molecule has 1 heterocycles. The van der Waals surface area contributed by atoms with Crippen LogP contribution in [0.2, 0.25) is 0 Å². The molecular formula is C18H20F2N2. The van der Waals surface area contributed by atoms with Gasteiger partial charge in [-0.1, -0.05) is 18.2 Å². The van der Waals surface area contributed by atoms with Gasteiger partial charge >= 0.3 is 0 Å². The molecule has 0 bridgehead atoms. The Morgan fingerprint density at radius 3 is 2.55 bits per heavy atom. The molecule has 0 fully saturated rings. The summed E-state index contributed by atoms with van der Waals surface area (Å²) >= 11 is 0. The van der Waals surface area contributed by atoms with E-state index in [9.17, 15) is 8.78 Å². The molecule has 1 unspecified atom stereocenters. The number of halogens is 2. The van der Waals surface area contributed by atoms with Crippen molar-refractivity contribution in [2.45, 2.75) is 33.4 Å². The van der Waals surface area contributed by atoms with E-state index in [1.165, 1.54) is 28.8 Å². The number of benzene rings is 2. The lowest BCUT2D eigenvalue weighted by Gasteiger charge is -2.38.